The van der Waals surface area contributed by atoms with Crippen LogP contribution in [0, 0.1) is 0 Å². The highest BCUT2D eigenvalue weighted by Crippen LogP contribution is 2.12. The zero-order valence-electron chi connectivity index (χ0n) is 11.3. The quantitative estimate of drug-likeness (QED) is 0.861. The van der Waals surface area contributed by atoms with Crippen molar-refractivity contribution < 1.29 is 18.3 Å². The first kappa shape index (κ1) is 15.7. The van der Waals surface area contributed by atoms with Gasteiger partial charge in [-0.2, -0.15) is 0 Å². The van der Waals surface area contributed by atoms with Crippen molar-refractivity contribution in [2.75, 3.05) is 13.6 Å². The van der Waals surface area contributed by atoms with Gasteiger partial charge in [0.05, 0.1) is 10.8 Å². The minimum absolute atomic E-state index is 0.220. The molecular weight excluding hydrogens is 266 g/mol. The lowest BCUT2D eigenvalue weighted by Crippen LogP contribution is -2.34. The number of rotatable bonds is 6. The number of carboxylic acid groups (broad SMARTS) is 1. The topological polar surface area (TPSA) is 74.7 Å². The van der Waals surface area contributed by atoms with E-state index in [0.717, 1.165) is 0 Å². The number of aromatic carboxylic acids is 1. The van der Waals surface area contributed by atoms with Gasteiger partial charge in [0, 0.05) is 13.6 Å². The molecule has 0 unspecified atom stereocenters. The summed E-state index contributed by atoms with van der Waals surface area (Å²) in [5, 5.41) is 8.57. The molecule has 1 rings (SSSR count). The summed E-state index contributed by atoms with van der Waals surface area (Å²) in [4.78, 5) is 11.0. The fraction of sp³-hybridized carbons (Fsp3) is 0.462. The zero-order valence-corrected chi connectivity index (χ0v) is 12.1. The molecular formula is C13H19NO4S. The van der Waals surface area contributed by atoms with E-state index in [4.69, 9.17) is 5.11 Å². The van der Waals surface area contributed by atoms with Crippen LogP contribution in [0.25, 0.3) is 0 Å². The lowest BCUT2D eigenvalue weighted by molar-refractivity contribution is 0.0695. The summed E-state index contributed by atoms with van der Waals surface area (Å²) in [6.07, 6.45) is 0.380. The molecule has 19 heavy (non-hydrogen) atoms. The van der Waals surface area contributed by atoms with Gasteiger partial charge in [-0.25, -0.2) is 17.5 Å². The van der Waals surface area contributed by atoms with E-state index < -0.39 is 21.2 Å². The van der Waals surface area contributed by atoms with E-state index in [-0.39, 0.29) is 12.1 Å². The zero-order chi connectivity index (χ0) is 14.6. The van der Waals surface area contributed by atoms with Crippen molar-refractivity contribution in [1.82, 2.24) is 4.31 Å². The molecule has 0 radical (unpaired) electrons. The maximum atomic E-state index is 11.9. The smallest absolute Gasteiger partial charge is 0.335 e. The van der Waals surface area contributed by atoms with Gasteiger partial charge in [0.25, 0.3) is 0 Å². The van der Waals surface area contributed by atoms with Gasteiger partial charge in [0.2, 0.25) is 10.0 Å². The van der Waals surface area contributed by atoms with Crippen LogP contribution < -0.4 is 0 Å². The normalized spacial score (nSPS) is 12.1. The molecule has 0 aliphatic carbocycles. The van der Waals surface area contributed by atoms with Gasteiger partial charge in [-0.3, -0.25) is 0 Å². The first-order valence-corrected chi connectivity index (χ1v) is 7.53. The number of likely N-dealkylation sites (N-methyl/N-ethyl adjacent to an activating group) is 1. The molecule has 0 atom stereocenters. The second-order valence-electron chi connectivity index (χ2n) is 4.63. The van der Waals surface area contributed by atoms with Gasteiger partial charge in [-0.15, -0.1) is 0 Å². The minimum atomic E-state index is -3.29. The second-order valence-corrected chi connectivity index (χ2v) is 7.22. The van der Waals surface area contributed by atoms with E-state index in [9.17, 15) is 13.2 Å². The molecule has 106 valence electrons. The Balaban J connectivity index is 2.81. The average molecular weight is 285 g/mol. The first-order valence-electron chi connectivity index (χ1n) is 6.03. The summed E-state index contributed by atoms with van der Waals surface area (Å²) < 4.78 is 25.0. The Morgan fingerprint density at radius 2 is 1.89 bits per heavy atom. The van der Waals surface area contributed by atoms with E-state index in [2.05, 4.69) is 0 Å². The SMILES string of the molecule is CC(C)S(=O)(=O)N(C)CCc1ccccc1C(=O)O. The molecule has 0 aliphatic heterocycles. The number of hydrogen-bond donors (Lipinski definition) is 1. The third-order valence-electron chi connectivity index (χ3n) is 2.97. The predicted octanol–water partition coefficient (Wildman–Crippen LogP) is 1.60. The van der Waals surface area contributed by atoms with E-state index in [1.807, 2.05) is 0 Å². The van der Waals surface area contributed by atoms with Crippen molar-refractivity contribution in [3.05, 3.63) is 35.4 Å². The van der Waals surface area contributed by atoms with Gasteiger partial charge >= 0.3 is 5.97 Å². The fourth-order valence-electron chi connectivity index (χ4n) is 1.71. The molecule has 0 amide bonds. The standard InChI is InChI=1S/C13H19NO4S/c1-10(2)19(17,18)14(3)9-8-11-6-4-5-7-12(11)13(15)16/h4-7,10H,8-9H2,1-3H3,(H,15,16). The summed E-state index contributed by atoms with van der Waals surface area (Å²) in [5.74, 6) is -0.995. The van der Waals surface area contributed by atoms with Crippen molar-refractivity contribution in [3.8, 4) is 0 Å². The fourth-order valence-corrected chi connectivity index (χ4v) is 2.78. The molecule has 1 N–H and O–H groups in total. The first-order chi connectivity index (χ1) is 8.76. The van der Waals surface area contributed by atoms with Crippen LogP contribution >= 0.6 is 0 Å². The summed E-state index contributed by atoms with van der Waals surface area (Å²) in [6, 6.07) is 6.63. The van der Waals surface area contributed by atoms with Crippen molar-refractivity contribution in [2.24, 2.45) is 0 Å². The summed E-state index contributed by atoms with van der Waals surface area (Å²) >= 11 is 0. The monoisotopic (exact) mass is 285 g/mol. The highest BCUT2D eigenvalue weighted by Gasteiger charge is 2.22. The Kier molecular flexibility index (Phi) is 5.08. The van der Waals surface area contributed by atoms with Crippen LogP contribution in [0.4, 0.5) is 0 Å². The number of nitrogens with zero attached hydrogens (tertiary/aromatic N) is 1. The maximum Gasteiger partial charge on any atom is 0.335 e. The molecule has 1 aromatic carbocycles. The molecule has 0 bridgehead atoms. The predicted molar refractivity (Wildman–Crippen MR) is 73.8 cm³/mol. The van der Waals surface area contributed by atoms with E-state index in [1.165, 1.54) is 17.4 Å². The largest absolute Gasteiger partial charge is 0.478 e. The number of carbonyl (C=O) groups is 1. The Labute approximate surface area is 113 Å². The number of sulfonamides is 1. The van der Waals surface area contributed by atoms with E-state index in [1.54, 1.807) is 32.0 Å². The molecule has 0 aromatic heterocycles. The summed E-state index contributed by atoms with van der Waals surface area (Å²) in [7, 11) is -1.78. The van der Waals surface area contributed by atoms with E-state index >= 15 is 0 Å². The molecule has 6 heteroatoms. The number of hydrogen-bond acceptors (Lipinski definition) is 3. The Hall–Kier alpha value is -1.40. The van der Waals surface area contributed by atoms with Crippen LogP contribution in [0.15, 0.2) is 24.3 Å². The van der Waals surface area contributed by atoms with Crippen molar-refractivity contribution >= 4 is 16.0 Å². The van der Waals surface area contributed by atoms with Crippen LogP contribution in [0.2, 0.25) is 0 Å². The highest BCUT2D eigenvalue weighted by atomic mass is 32.2. The average Bonchev–Trinajstić information content (AvgIpc) is 2.35. The molecule has 0 fully saturated rings. The Bertz CT molecular complexity index is 552. The molecule has 0 heterocycles. The van der Waals surface area contributed by atoms with Crippen molar-refractivity contribution in [2.45, 2.75) is 25.5 Å². The van der Waals surface area contributed by atoms with Crippen LogP contribution in [0.1, 0.15) is 29.8 Å². The molecule has 1 aromatic rings. The van der Waals surface area contributed by atoms with Crippen molar-refractivity contribution in [3.63, 3.8) is 0 Å². The Morgan fingerprint density at radius 1 is 1.32 bits per heavy atom. The minimum Gasteiger partial charge on any atom is -0.478 e. The second kappa shape index (κ2) is 6.16. The third kappa shape index (κ3) is 3.78. The lowest BCUT2D eigenvalue weighted by atomic mass is 10.1. The van der Waals surface area contributed by atoms with Crippen LogP contribution in [-0.4, -0.2) is 42.6 Å². The van der Waals surface area contributed by atoms with Gasteiger partial charge in [0.15, 0.2) is 0 Å². The highest BCUT2D eigenvalue weighted by molar-refractivity contribution is 7.89. The molecule has 0 saturated heterocycles. The lowest BCUT2D eigenvalue weighted by Gasteiger charge is -2.19. The molecule has 0 aliphatic rings. The molecule has 5 nitrogen and oxygen atoms in total. The Morgan fingerprint density at radius 3 is 2.42 bits per heavy atom. The summed E-state index contributed by atoms with van der Waals surface area (Å²) in [5.41, 5.74) is 0.860. The van der Waals surface area contributed by atoms with Crippen LogP contribution in [0.3, 0.4) is 0 Å². The third-order valence-corrected chi connectivity index (χ3v) is 5.22. The maximum absolute atomic E-state index is 11.9. The number of carboxylic acids is 1. The van der Waals surface area contributed by atoms with Gasteiger partial charge in [0.1, 0.15) is 0 Å². The van der Waals surface area contributed by atoms with Gasteiger partial charge in [-0.1, -0.05) is 18.2 Å². The number of benzene rings is 1. The van der Waals surface area contributed by atoms with E-state index in [0.29, 0.717) is 12.0 Å². The van der Waals surface area contributed by atoms with Gasteiger partial charge < -0.3 is 5.11 Å². The molecule has 0 saturated carbocycles. The summed E-state index contributed by atoms with van der Waals surface area (Å²) in [6.45, 7) is 3.51. The van der Waals surface area contributed by atoms with Crippen LogP contribution in [0.5, 0.6) is 0 Å². The van der Waals surface area contributed by atoms with Gasteiger partial charge in [-0.05, 0) is 31.9 Å². The van der Waals surface area contributed by atoms with Crippen molar-refractivity contribution in [1.29, 1.82) is 0 Å². The molecule has 0 spiro atoms. The van der Waals surface area contributed by atoms with Crippen LogP contribution in [-0.2, 0) is 16.4 Å².